The van der Waals surface area contributed by atoms with E-state index in [1.165, 1.54) is 7.11 Å². The molecular formula is C17H23F6IO3. The van der Waals surface area contributed by atoms with Gasteiger partial charge in [0.1, 0.15) is 0 Å². The highest BCUT2D eigenvalue weighted by Gasteiger charge is 2.73. The van der Waals surface area contributed by atoms with Gasteiger partial charge in [0, 0.05) is 18.9 Å². The maximum absolute atomic E-state index is 13.2. The van der Waals surface area contributed by atoms with Gasteiger partial charge in [-0.15, -0.1) is 0 Å². The predicted octanol–water partition coefficient (Wildman–Crippen LogP) is 5.40. The van der Waals surface area contributed by atoms with E-state index in [-0.39, 0.29) is 22.4 Å². The van der Waals surface area contributed by atoms with Crippen LogP contribution < -0.4 is 0 Å². The summed E-state index contributed by atoms with van der Waals surface area (Å²) in [5, 5.41) is 0. The van der Waals surface area contributed by atoms with Gasteiger partial charge in [0.25, 0.3) is 6.10 Å². The lowest BCUT2D eigenvalue weighted by atomic mass is 9.50. The lowest BCUT2D eigenvalue weighted by Crippen LogP contribution is -2.68. The molecule has 1 saturated heterocycles. The molecule has 1 spiro atoms. The first-order valence-electron chi connectivity index (χ1n) is 9.04. The molecule has 1 heterocycles. The van der Waals surface area contributed by atoms with Crippen LogP contribution in [0.2, 0.25) is 0 Å². The normalized spacial score (nSPS) is 42.9. The molecule has 0 radical (unpaired) electrons. The summed E-state index contributed by atoms with van der Waals surface area (Å²) in [6, 6.07) is 0. The van der Waals surface area contributed by atoms with E-state index in [2.05, 4.69) is 22.6 Å². The van der Waals surface area contributed by atoms with Crippen LogP contribution in [0, 0.1) is 11.3 Å². The molecule has 0 N–H and O–H groups in total. The number of hydrogen-bond donors (Lipinski definition) is 0. The number of halogens is 7. The zero-order valence-corrected chi connectivity index (χ0v) is 17.2. The van der Waals surface area contributed by atoms with Gasteiger partial charge in [0.15, 0.2) is 5.79 Å². The van der Waals surface area contributed by atoms with Gasteiger partial charge >= 0.3 is 12.4 Å². The molecule has 2 aliphatic carbocycles. The van der Waals surface area contributed by atoms with Gasteiger partial charge in [-0.1, -0.05) is 35.4 Å². The molecule has 6 atom stereocenters. The summed E-state index contributed by atoms with van der Waals surface area (Å²) in [7, 11) is 1.53. The van der Waals surface area contributed by atoms with Crippen molar-refractivity contribution < 1.29 is 40.6 Å². The maximum Gasteiger partial charge on any atom is 0.423 e. The third kappa shape index (κ3) is 3.50. The van der Waals surface area contributed by atoms with Crippen molar-refractivity contribution in [2.24, 2.45) is 11.3 Å². The summed E-state index contributed by atoms with van der Waals surface area (Å²) < 4.78 is 95.5. The zero-order valence-electron chi connectivity index (χ0n) is 15.0. The van der Waals surface area contributed by atoms with Gasteiger partial charge in [-0.3, -0.25) is 0 Å². The van der Waals surface area contributed by atoms with Crippen LogP contribution >= 0.6 is 22.6 Å². The third-order valence-corrected chi connectivity index (χ3v) is 8.19. The van der Waals surface area contributed by atoms with Crippen LogP contribution in [0.3, 0.4) is 0 Å². The molecule has 0 aromatic carbocycles. The van der Waals surface area contributed by atoms with Crippen molar-refractivity contribution in [1.82, 2.24) is 0 Å². The molecule has 3 rings (SSSR count). The zero-order chi connectivity index (χ0) is 20.3. The smallest absolute Gasteiger partial charge is 0.380 e. The molecule has 1 aliphatic heterocycles. The molecule has 3 aliphatic rings. The topological polar surface area (TPSA) is 27.7 Å². The van der Waals surface area contributed by atoms with Crippen molar-refractivity contribution in [2.45, 2.75) is 85.8 Å². The Balaban J connectivity index is 2.04. The first-order valence-corrected chi connectivity index (χ1v) is 10.3. The first kappa shape index (κ1) is 21.9. The van der Waals surface area contributed by atoms with E-state index >= 15 is 0 Å². The van der Waals surface area contributed by atoms with Crippen molar-refractivity contribution in [1.29, 1.82) is 0 Å². The van der Waals surface area contributed by atoms with Crippen LogP contribution in [0.25, 0.3) is 0 Å². The minimum atomic E-state index is -5.56. The van der Waals surface area contributed by atoms with Gasteiger partial charge < -0.3 is 14.2 Å². The minimum absolute atomic E-state index is 0.0241. The van der Waals surface area contributed by atoms with Gasteiger partial charge in [-0.25, -0.2) is 0 Å². The largest absolute Gasteiger partial charge is 0.423 e. The number of hydrogen-bond acceptors (Lipinski definition) is 3. The Kier molecular flexibility index (Phi) is 5.80. The molecule has 2 saturated carbocycles. The molecule has 0 bridgehead atoms. The Morgan fingerprint density at radius 2 is 1.67 bits per heavy atom. The number of alkyl halides is 7. The molecule has 1 unspecified atom stereocenters. The van der Waals surface area contributed by atoms with E-state index in [0.717, 1.165) is 12.8 Å². The molecular weight excluding hydrogens is 493 g/mol. The lowest BCUT2D eigenvalue weighted by Gasteiger charge is -2.63. The van der Waals surface area contributed by atoms with Gasteiger partial charge in [-0.2, -0.15) is 26.3 Å². The predicted molar refractivity (Wildman–Crippen MR) is 92.5 cm³/mol. The van der Waals surface area contributed by atoms with E-state index in [9.17, 15) is 26.3 Å². The summed E-state index contributed by atoms with van der Waals surface area (Å²) in [5.41, 5.74) is -0.880. The average molecular weight is 516 g/mol. The van der Waals surface area contributed by atoms with E-state index < -0.39 is 35.8 Å². The van der Waals surface area contributed by atoms with E-state index in [1.54, 1.807) is 6.92 Å². The fourth-order valence-electron chi connectivity index (χ4n) is 5.22. The van der Waals surface area contributed by atoms with Crippen molar-refractivity contribution in [3.63, 3.8) is 0 Å². The van der Waals surface area contributed by atoms with Crippen LogP contribution in [0.5, 0.6) is 0 Å². The van der Waals surface area contributed by atoms with Gasteiger partial charge in [0.2, 0.25) is 0 Å². The standard InChI is InChI=1S/C17H23F6IO3/c1-9-11(24)12(25-2)10-5-3-4-6-14(10)7-8-15(14,26-9)27-13(16(18,19)20)17(21,22)23/h9-13H,3-8H2,1-2H3/t9-,10+,11-,12-,14?,15-/m0/s1. The van der Waals surface area contributed by atoms with Crippen LogP contribution in [0.4, 0.5) is 26.3 Å². The number of methoxy groups -OCH3 is 1. The third-order valence-electron chi connectivity index (χ3n) is 6.47. The summed E-state index contributed by atoms with van der Waals surface area (Å²) in [4.78, 5) is 0. The van der Waals surface area contributed by atoms with E-state index in [4.69, 9.17) is 14.2 Å². The van der Waals surface area contributed by atoms with Crippen molar-refractivity contribution in [2.75, 3.05) is 7.11 Å². The number of rotatable bonds is 3. The summed E-state index contributed by atoms with van der Waals surface area (Å²) in [6.07, 6.45) is -12.6. The van der Waals surface area contributed by atoms with Crippen LogP contribution in [-0.2, 0) is 14.2 Å². The molecule has 158 valence electrons. The molecule has 0 aromatic heterocycles. The average Bonchev–Trinajstić information content (AvgIpc) is 2.59. The Bertz CT molecular complexity index is 542. The Labute approximate surface area is 167 Å². The fraction of sp³-hybridized carbons (Fsp3) is 1.00. The summed E-state index contributed by atoms with van der Waals surface area (Å²) in [5.74, 6) is -2.08. The van der Waals surface area contributed by atoms with Crippen LogP contribution in [0.15, 0.2) is 0 Å². The molecule has 3 fully saturated rings. The van der Waals surface area contributed by atoms with Crippen molar-refractivity contribution in [3.8, 4) is 0 Å². The first-order chi connectivity index (χ1) is 12.4. The summed E-state index contributed by atoms with van der Waals surface area (Å²) in [6.45, 7) is 1.66. The molecule has 27 heavy (non-hydrogen) atoms. The minimum Gasteiger partial charge on any atom is -0.380 e. The second-order valence-corrected chi connectivity index (χ2v) is 9.25. The van der Waals surface area contributed by atoms with E-state index in [0.29, 0.717) is 19.3 Å². The van der Waals surface area contributed by atoms with E-state index in [1.807, 2.05) is 0 Å². The second kappa shape index (κ2) is 7.16. The second-order valence-electron chi connectivity index (χ2n) is 7.81. The van der Waals surface area contributed by atoms with Crippen molar-refractivity contribution in [3.05, 3.63) is 0 Å². The number of ether oxygens (including phenoxy) is 3. The Morgan fingerprint density at radius 1 is 1.04 bits per heavy atom. The monoisotopic (exact) mass is 516 g/mol. The quantitative estimate of drug-likeness (QED) is 0.286. The fourth-order valence-corrected chi connectivity index (χ4v) is 6.16. The maximum atomic E-state index is 13.2. The van der Waals surface area contributed by atoms with Gasteiger partial charge in [0.05, 0.1) is 16.1 Å². The highest BCUT2D eigenvalue weighted by molar-refractivity contribution is 14.1. The molecule has 0 aromatic rings. The van der Waals surface area contributed by atoms with Crippen molar-refractivity contribution >= 4 is 22.6 Å². The van der Waals surface area contributed by atoms with Gasteiger partial charge in [-0.05, 0) is 32.1 Å². The van der Waals surface area contributed by atoms with Crippen LogP contribution in [0.1, 0.15) is 45.4 Å². The summed E-state index contributed by atoms with van der Waals surface area (Å²) >= 11 is 2.13. The SMILES string of the molecule is CO[C@@H]1[C@@H](I)[C@H](C)O[C@]2(OC(C(F)(F)F)C(F)(F)F)CCC23CCCC[C@H]13. The molecule has 3 nitrogen and oxygen atoms in total. The van der Waals surface area contributed by atoms with Crippen LogP contribution in [-0.4, -0.2) is 47.5 Å². The lowest BCUT2D eigenvalue weighted by molar-refractivity contribution is -0.441. The molecule has 10 heteroatoms. The highest BCUT2D eigenvalue weighted by Crippen LogP contribution is 2.67. The highest BCUT2D eigenvalue weighted by atomic mass is 127. The molecule has 0 amide bonds. The Hall–Kier alpha value is 0.190. The Morgan fingerprint density at radius 3 is 2.15 bits per heavy atom.